The van der Waals surface area contributed by atoms with Crippen LogP contribution in [0.2, 0.25) is 0 Å². The molecule has 1 unspecified atom stereocenters. The Labute approximate surface area is 128 Å². The lowest BCUT2D eigenvalue weighted by Crippen LogP contribution is -2.43. The van der Waals surface area contributed by atoms with Gasteiger partial charge in [-0.1, -0.05) is 28.1 Å². The second-order valence-electron chi connectivity index (χ2n) is 5.68. The minimum absolute atomic E-state index is 0.0884. The summed E-state index contributed by atoms with van der Waals surface area (Å²) in [6.45, 7) is 2.66. The summed E-state index contributed by atoms with van der Waals surface area (Å²) in [6, 6.07) is 8.14. The van der Waals surface area contributed by atoms with Crippen LogP contribution in [0, 0.1) is 0 Å². The van der Waals surface area contributed by atoms with Crippen molar-refractivity contribution >= 4 is 22.0 Å². The van der Waals surface area contributed by atoms with Crippen molar-refractivity contribution in [1.29, 1.82) is 0 Å². The molecule has 5 heteroatoms. The van der Waals surface area contributed by atoms with Gasteiger partial charge in [0.05, 0.1) is 6.10 Å². The number of carbonyl (C=O) groups is 1. The molecular weight excluding hydrogens is 320 g/mol. The van der Waals surface area contributed by atoms with Crippen molar-refractivity contribution < 1.29 is 9.90 Å². The number of benzene rings is 1. The summed E-state index contributed by atoms with van der Waals surface area (Å²) in [5.41, 5.74) is 1.36. The Kier molecular flexibility index (Phi) is 4.70. The zero-order valence-electron chi connectivity index (χ0n) is 11.9. The average molecular weight is 341 g/mol. The molecule has 1 aliphatic carbocycles. The molecule has 1 fully saturated rings. The first kappa shape index (κ1) is 15.3. The molecule has 2 rings (SSSR count). The number of rotatable bonds is 5. The van der Waals surface area contributed by atoms with Gasteiger partial charge in [0.1, 0.15) is 0 Å². The summed E-state index contributed by atoms with van der Waals surface area (Å²) in [6.07, 6.45) is 1.69. The van der Waals surface area contributed by atoms with Crippen LogP contribution in [0.1, 0.15) is 25.3 Å². The van der Waals surface area contributed by atoms with Crippen molar-refractivity contribution in [3.05, 3.63) is 34.3 Å². The fourth-order valence-electron chi connectivity index (χ4n) is 2.40. The summed E-state index contributed by atoms with van der Waals surface area (Å²) in [4.78, 5) is 13.5. The van der Waals surface area contributed by atoms with Crippen LogP contribution in [0.4, 0.5) is 4.79 Å². The van der Waals surface area contributed by atoms with Gasteiger partial charge in [-0.25, -0.2) is 4.79 Å². The molecule has 0 heterocycles. The molecule has 1 aromatic rings. The number of nitrogens with zero attached hydrogens (tertiary/aromatic N) is 1. The highest BCUT2D eigenvalue weighted by Gasteiger charge is 2.44. The number of aliphatic hydroxyl groups excluding tert-OH is 1. The number of hydrogen-bond acceptors (Lipinski definition) is 2. The van der Waals surface area contributed by atoms with Crippen LogP contribution in [0.15, 0.2) is 28.7 Å². The van der Waals surface area contributed by atoms with Gasteiger partial charge in [0.2, 0.25) is 0 Å². The van der Waals surface area contributed by atoms with E-state index in [4.69, 9.17) is 0 Å². The second-order valence-corrected chi connectivity index (χ2v) is 6.59. The van der Waals surface area contributed by atoms with E-state index in [9.17, 15) is 9.90 Å². The largest absolute Gasteiger partial charge is 0.392 e. The van der Waals surface area contributed by atoms with Crippen LogP contribution in [0.25, 0.3) is 0 Å². The van der Waals surface area contributed by atoms with E-state index < -0.39 is 6.10 Å². The predicted molar refractivity (Wildman–Crippen MR) is 82.8 cm³/mol. The highest BCUT2D eigenvalue weighted by Crippen LogP contribution is 2.48. The van der Waals surface area contributed by atoms with Crippen LogP contribution >= 0.6 is 15.9 Å². The van der Waals surface area contributed by atoms with E-state index in [1.807, 2.05) is 12.1 Å². The van der Waals surface area contributed by atoms with Crippen molar-refractivity contribution in [1.82, 2.24) is 10.2 Å². The lowest BCUT2D eigenvalue weighted by atomic mass is 9.96. The Hall–Kier alpha value is -1.07. The predicted octanol–water partition coefficient (Wildman–Crippen LogP) is 2.50. The van der Waals surface area contributed by atoms with Crippen LogP contribution in [0.5, 0.6) is 0 Å². The van der Waals surface area contributed by atoms with Crippen molar-refractivity contribution in [2.45, 2.75) is 31.3 Å². The minimum atomic E-state index is -0.509. The van der Waals surface area contributed by atoms with Gasteiger partial charge < -0.3 is 15.3 Å². The zero-order chi connectivity index (χ0) is 14.8. The molecule has 2 N–H and O–H groups in total. The number of carbonyl (C=O) groups excluding carboxylic acids is 1. The van der Waals surface area contributed by atoms with E-state index >= 15 is 0 Å². The molecule has 0 saturated heterocycles. The molecule has 1 saturated carbocycles. The maximum absolute atomic E-state index is 11.9. The number of halogens is 1. The van der Waals surface area contributed by atoms with Gasteiger partial charge in [0.15, 0.2) is 0 Å². The van der Waals surface area contributed by atoms with E-state index in [-0.39, 0.29) is 11.4 Å². The van der Waals surface area contributed by atoms with Crippen molar-refractivity contribution in [2.24, 2.45) is 0 Å². The Bertz CT molecular complexity index is 487. The second kappa shape index (κ2) is 6.14. The summed E-state index contributed by atoms with van der Waals surface area (Å²) in [5.74, 6) is 0. The van der Waals surface area contributed by atoms with Crippen molar-refractivity contribution in [3.63, 3.8) is 0 Å². The monoisotopic (exact) mass is 340 g/mol. The zero-order valence-corrected chi connectivity index (χ0v) is 13.5. The SMILES string of the molecule is CC(O)CN(C)C(=O)NCC1(c2cccc(Br)c2)CC1. The lowest BCUT2D eigenvalue weighted by Gasteiger charge is -2.22. The number of aliphatic hydroxyl groups is 1. The van der Waals surface area contributed by atoms with Gasteiger partial charge in [-0.2, -0.15) is 0 Å². The maximum Gasteiger partial charge on any atom is 0.317 e. The van der Waals surface area contributed by atoms with Gasteiger partial charge >= 0.3 is 6.03 Å². The molecule has 0 aliphatic heterocycles. The smallest absolute Gasteiger partial charge is 0.317 e. The normalized spacial score (nSPS) is 17.4. The van der Waals surface area contributed by atoms with Crippen LogP contribution in [-0.4, -0.2) is 42.3 Å². The third-order valence-electron chi connectivity index (χ3n) is 3.75. The molecular formula is C15H21BrN2O2. The van der Waals surface area contributed by atoms with Gasteiger partial charge in [0.25, 0.3) is 0 Å². The molecule has 1 atom stereocenters. The lowest BCUT2D eigenvalue weighted by molar-refractivity contribution is 0.143. The topological polar surface area (TPSA) is 52.6 Å². The summed E-state index contributed by atoms with van der Waals surface area (Å²) >= 11 is 3.49. The number of urea groups is 1. The Morgan fingerprint density at radius 3 is 2.80 bits per heavy atom. The third kappa shape index (κ3) is 3.73. The summed E-state index contributed by atoms with van der Waals surface area (Å²) in [5, 5.41) is 12.3. The molecule has 110 valence electrons. The molecule has 4 nitrogen and oxygen atoms in total. The molecule has 0 spiro atoms. The first-order valence-electron chi connectivity index (χ1n) is 6.86. The van der Waals surface area contributed by atoms with Crippen LogP contribution in [-0.2, 0) is 5.41 Å². The quantitative estimate of drug-likeness (QED) is 0.865. The number of hydrogen-bond donors (Lipinski definition) is 2. The third-order valence-corrected chi connectivity index (χ3v) is 4.25. The molecule has 1 aliphatic rings. The van der Waals surface area contributed by atoms with Gasteiger partial charge in [-0.3, -0.25) is 0 Å². The van der Waals surface area contributed by atoms with E-state index in [1.165, 1.54) is 10.5 Å². The minimum Gasteiger partial charge on any atom is -0.392 e. The van der Waals surface area contributed by atoms with Gasteiger partial charge in [0, 0.05) is 30.0 Å². The highest BCUT2D eigenvalue weighted by atomic mass is 79.9. The standard InChI is InChI=1S/C15H21BrN2O2/c1-11(19)9-18(2)14(20)17-10-15(6-7-15)12-4-3-5-13(16)8-12/h3-5,8,11,19H,6-7,9-10H2,1-2H3,(H,17,20). The number of amides is 2. The van der Waals surface area contributed by atoms with E-state index in [1.54, 1.807) is 14.0 Å². The van der Waals surface area contributed by atoms with E-state index in [0.29, 0.717) is 13.1 Å². The molecule has 2 amide bonds. The molecule has 20 heavy (non-hydrogen) atoms. The van der Waals surface area contributed by atoms with Crippen molar-refractivity contribution in [2.75, 3.05) is 20.1 Å². The first-order valence-corrected chi connectivity index (χ1v) is 7.65. The Balaban J connectivity index is 1.92. The molecule has 1 aromatic carbocycles. The Morgan fingerprint density at radius 1 is 1.55 bits per heavy atom. The molecule has 0 bridgehead atoms. The highest BCUT2D eigenvalue weighted by molar-refractivity contribution is 9.10. The number of likely N-dealkylation sites (N-methyl/N-ethyl adjacent to an activating group) is 1. The van der Waals surface area contributed by atoms with E-state index in [2.05, 4.69) is 33.4 Å². The number of nitrogens with one attached hydrogen (secondary N) is 1. The maximum atomic E-state index is 11.9. The fourth-order valence-corrected chi connectivity index (χ4v) is 2.80. The average Bonchev–Trinajstić information content (AvgIpc) is 3.16. The van der Waals surface area contributed by atoms with E-state index in [0.717, 1.165) is 17.3 Å². The Morgan fingerprint density at radius 2 is 2.25 bits per heavy atom. The molecule has 0 radical (unpaired) electrons. The van der Waals surface area contributed by atoms with Crippen molar-refractivity contribution in [3.8, 4) is 0 Å². The van der Waals surface area contributed by atoms with Gasteiger partial charge in [-0.15, -0.1) is 0 Å². The fraction of sp³-hybridized carbons (Fsp3) is 0.533. The van der Waals surface area contributed by atoms with Crippen LogP contribution in [0.3, 0.4) is 0 Å². The summed E-state index contributed by atoms with van der Waals surface area (Å²) in [7, 11) is 1.70. The van der Waals surface area contributed by atoms with Crippen LogP contribution < -0.4 is 5.32 Å². The summed E-state index contributed by atoms with van der Waals surface area (Å²) < 4.78 is 1.07. The van der Waals surface area contributed by atoms with Gasteiger partial charge in [-0.05, 0) is 37.5 Å². The molecule has 0 aromatic heterocycles. The first-order chi connectivity index (χ1) is 9.43.